The van der Waals surface area contributed by atoms with Crippen LogP contribution in [-0.4, -0.2) is 29.1 Å². The number of esters is 1. The molecule has 1 aromatic rings. The van der Waals surface area contributed by atoms with E-state index in [1.807, 2.05) is 51.1 Å². The highest BCUT2D eigenvalue weighted by molar-refractivity contribution is 5.78. The smallest absolute Gasteiger partial charge is 0.328 e. The normalized spacial score (nSPS) is 13.6. The number of hydrogen-bond acceptors (Lipinski definition) is 3. The maximum atomic E-state index is 12.6. The Balaban J connectivity index is 3.11. The molecule has 1 rings (SSSR count). The van der Waals surface area contributed by atoms with E-state index < -0.39 is 5.60 Å². The van der Waals surface area contributed by atoms with Crippen molar-refractivity contribution in [3.63, 3.8) is 0 Å². The highest BCUT2D eigenvalue weighted by Crippen LogP contribution is 2.26. The van der Waals surface area contributed by atoms with Gasteiger partial charge in [-0.3, -0.25) is 4.90 Å². The summed E-state index contributed by atoms with van der Waals surface area (Å²) in [5, 5.41) is 0. The van der Waals surface area contributed by atoms with Crippen LogP contribution in [0.5, 0.6) is 0 Å². The average Bonchev–Trinajstić information content (AvgIpc) is 2.33. The lowest BCUT2D eigenvalue weighted by Gasteiger charge is -2.34. The van der Waals surface area contributed by atoms with Gasteiger partial charge in [0.1, 0.15) is 11.6 Å². The number of ether oxygens (including phenoxy) is 1. The number of carbonyl (C=O) groups is 1. The molecule has 0 aliphatic carbocycles. The molecule has 0 N–H and O–H groups in total. The third-order valence-corrected chi connectivity index (χ3v) is 3.11. The summed E-state index contributed by atoms with van der Waals surface area (Å²) < 4.78 is 5.61. The zero-order valence-corrected chi connectivity index (χ0v) is 13.5. The van der Waals surface area contributed by atoms with Crippen LogP contribution in [0.25, 0.3) is 0 Å². The van der Waals surface area contributed by atoms with Gasteiger partial charge in [-0.1, -0.05) is 37.3 Å². The molecule has 0 radical (unpaired) electrons. The molecule has 112 valence electrons. The maximum Gasteiger partial charge on any atom is 0.328 e. The first-order valence-corrected chi connectivity index (χ1v) is 7.29. The van der Waals surface area contributed by atoms with E-state index in [1.165, 1.54) is 0 Å². The van der Waals surface area contributed by atoms with Gasteiger partial charge < -0.3 is 4.74 Å². The van der Waals surface area contributed by atoms with Gasteiger partial charge in [-0.25, -0.2) is 4.79 Å². The molecule has 0 heterocycles. The first-order valence-electron chi connectivity index (χ1n) is 7.29. The van der Waals surface area contributed by atoms with Gasteiger partial charge in [-0.15, -0.1) is 0 Å². The molecule has 1 aromatic carbocycles. The molecule has 0 unspecified atom stereocenters. The minimum absolute atomic E-state index is 0.181. The topological polar surface area (TPSA) is 29.5 Å². The molecule has 0 aliphatic rings. The van der Waals surface area contributed by atoms with Crippen LogP contribution in [0.3, 0.4) is 0 Å². The summed E-state index contributed by atoms with van der Waals surface area (Å²) in [5.41, 5.74) is 0.512. The summed E-state index contributed by atoms with van der Waals surface area (Å²) in [6.45, 7) is 12.8. The van der Waals surface area contributed by atoms with E-state index in [9.17, 15) is 4.79 Å². The summed E-state index contributed by atoms with van der Waals surface area (Å²) in [6, 6.07) is 9.78. The Labute approximate surface area is 122 Å². The number of rotatable bonds is 5. The largest absolute Gasteiger partial charge is 0.459 e. The Morgan fingerprint density at radius 1 is 1.20 bits per heavy atom. The number of carbonyl (C=O) groups excluding carboxylic acids is 1. The molecule has 0 saturated heterocycles. The van der Waals surface area contributed by atoms with E-state index in [-0.39, 0.29) is 18.1 Å². The zero-order valence-electron chi connectivity index (χ0n) is 13.5. The fourth-order valence-corrected chi connectivity index (χ4v) is 2.30. The molecule has 0 aliphatic heterocycles. The highest BCUT2D eigenvalue weighted by Gasteiger charge is 2.32. The molecule has 0 aromatic heterocycles. The molecule has 20 heavy (non-hydrogen) atoms. The molecule has 1 atom stereocenters. The van der Waals surface area contributed by atoms with E-state index in [0.717, 1.165) is 12.1 Å². The zero-order chi connectivity index (χ0) is 15.3. The standard InChI is InChI=1S/C17H27NO2/c1-7-18(13(2)3)15(14-11-9-8-10-12-14)16(19)20-17(4,5)6/h8-13,15H,7H2,1-6H3/t15-/m1/s1. The van der Waals surface area contributed by atoms with E-state index in [1.54, 1.807) is 0 Å². The molecular weight excluding hydrogens is 250 g/mol. The Kier molecular flexibility index (Phi) is 5.75. The number of benzene rings is 1. The minimum Gasteiger partial charge on any atom is -0.459 e. The number of hydrogen-bond donors (Lipinski definition) is 0. The molecule has 3 nitrogen and oxygen atoms in total. The van der Waals surface area contributed by atoms with Crippen molar-refractivity contribution in [2.45, 2.75) is 59.2 Å². The molecular formula is C17H27NO2. The highest BCUT2D eigenvalue weighted by atomic mass is 16.6. The maximum absolute atomic E-state index is 12.6. The Hall–Kier alpha value is -1.35. The van der Waals surface area contributed by atoms with Crippen LogP contribution in [0.4, 0.5) is 0 Å². The lowest BCUT2D eigenvalue weighted by Crippen LogP contribution is -2.41. The lowest BCUT2D eigenvalue weighted by atomic mass is 10.0. The predicted octanol–water partition coefficient (Wildman–Crippen LogP) is 3.80. The lowest BCUT2D eigenvalue weighted by molar-refractivity contribution is -0.162. The van der Waals surface area contributed by atoms with Crippen LogP contribution in [-0.2, 0) is 9.53 Å². The second kappa shape index (κ2) is 6.89. The van der Waals surface area contributed by atoms with Crippen LogP contribution in [0.1, 0.15) is 53.1 Å². The van der Waals surface area contributed by atoms with Gasteiger partial charge in [0.05, 0.1) is 0 Å². The molecule has 0 bridgehead atoms. The molecule has 0 spiro atoms. The monoisotopic (exact) mass is 277 g/mol. The van der Waals surface area contributed by atoms with Crippen molar-refractivity contribution < 1.29 is 9.53 Å². The van der Waals surface area contributed by atoms with Crippen LogP contribution in [0.2, 0.25) is 0 Å². The quantitative estimate of drug-likeness (QED) is 0.767. The minimum atomic E-state index is -0.472. The first-order chi connectivity index (χ1) is 9.26. The Morgan fingerprint density at radius 2 is 1.75 bits per heavy atom. The Morgan fingerprint density at radius 3 is 2.15 bits per heavy atom. The molecule has 3 heteroatoms. The molecule has 0 saturated carbocycles. The van der Waals surface area contributed by atoms with Gasteiger partial charge in [0.15, 0.2) is 0 Å². The van der Waals surface area contributed by atoms with Crippen LogP contribution >= 0.6 is 0 Å². The Bertz CT molecular complexity index is 420. The second-order valence-corrected chi connectivity index (χ2v) is 6.27. The van der Waals surface area contributed by atoms with Crippen molar-refractivity contribution in [2.24, 2.45) is 0 Å². The third kappa shape index (κ3) is 4.64. The fourth-order valence-electron chi connectivity index (χ4n) is 2.30. The first kappa shape index (κ1) is 16.7. The number of nitrogens with zero attached hydrogens (tertiary/aromatic N) is 1. The van der Waals surface area contributed by atoms with Gasteiger partial charge in [0.2, 0.25) is 0 Å². The summed E-state index contributed by atoms with van der Waals surface area (Å²) in [5.74, 6) is -0.181. The predicted molar refractivity (Wildman–Crippen MR) is 82.5 cm³/mol. The summed E-state index contributed by atoms with van der Waals surface area (Å²) >= 11 is 0. The van der Waals surface area contributed by atoms with Gasteiger partial charge in [0.25, 0.3) is 0 Å². The van der Waals surface area contributed by atoms with Crippen LogP contribution in [0.15, 0.2) is 30.3 Å². The van der Waals surface area contributed by atoms with Crippen molar-refractivity contribution >= 4 is 5.97 Å². The summed E-state index contributed by atoms with van der Waals surface area (Å²) in [7, 11) is 0. The van der Waals surface area contributed by atoms with E-state index in [4.69, 9.17) is 4.74 Å². The van der Waals surface area contributed by atoms with Gasteiger partial charge in [-0.05, 0) is 46.7 Å². The van der Waals surface area contributed by atoms with Crippen molar-refractivity contribution in [3.05, 3.63) is 35.9 Å². The van der Waals surface area contributed by atoms with Crippen molar-refractivity contribution in [1.29, 1.82) is 0 Å². The fraction of sp³-hybridized carbons (Fsp3) is 0.588. The SMILES string of the molecule is CCN(C(C)C)[C@@H](C(=O)OC(C)(C)C)c1ccccc1. The van der Waals surface area contributed by atoms with Crippen molar-refractivity contribution in [3.8, 4) is 0 Å². The van der Waals surface area contributed by atoms with E-state index in [0.29, 0.717) is 0 Å². The van der Waals surface area contributed by atoms with Crippen molar-refractivity contribution in [2.75, 3.05) is 6.54 Å². The number of likely N-dealkylation sites (N-methyl/N-ethyl adjacent to an activating group) is 1. The average molecular weight is 277 g/mol. The third-order valence-electron chi connectivity index (χ3n) is 3.11. The van der Waals surface area contributed by atoms with Gasteiger partial charge in [-0.2, -0.15) is 0 Å². The van der Waals surface area contributed by atoms with Crippen LogP contribution in [0, 0.1) is 0 Å². The van der Waals surface area contributed by atoms with E-state index in [2.05, 4.69) is 25.7 Å². The van der Waals surface area contributed by atoms with Gasteiger partial charge >= 0.3 is 5.97 Å². The second-order valence-electron chi connectivity index (χ2n) is 6.27. The summed E-state index contributed by atoms with van der Waals surface area (Å²) in [4.78, 5) is 14.8. The summed E-state index contributed by atoms with van der Waals surface area (Å²) in [6.07, 6.45) is 0. The van der Waals surface area contributed by atoms with Crippen LogP contribution < -0.4 is 0 Å². The van der Waals surface area contributed by atoms with Crippen molar-refractivity contribution in [1.82, 2.24) is 4.90 Å². The molecule has 0 fully saturated rings. The van der Waals surface area contributed by atoms with Gasteiger partial charge in [0, 0.05) is 6.04 Å². The van der Waals surface area contributed by atoms with E-state index >= 15 is 0 Å². The molecule has 0 amide bonds.